The lowest BCUT2D eigenvalue weighted by Crippen LogP contribution is -2.17. The van der Waals surface area contributed by atoms with Crippen LogP contribution in [0, 0.1) is 0 Å². The molecular weight excluding hydrogens is 262 g/mol. The van der Waals surface area contributed by atoms with Gasteiger partial charge in [0, 0.05) is 11.0 Å². The van der Waals surface area contributed by atoms with Gasteiger partial charge in [-0.25, -0.2) is 0 Å². The minimum Gasteiger partial charge on any atom is -0.486 e. The summed E-state index contributed by atoms with van der Waals surface area (Å²) >= 11 is 3.37. The summed E-state index contributed by atoms with van der Waals surface area (Å²) in [6.07, 6.45) is -0.685. The fourth-order valence-corrected chi connectivity index (χ4v) is 2.05. The van der Waals surface area contributed by atoms with Crippen molar-refractivity contribution in [1.82, 2.24) is 0 Å². The van der Waals surface area contributed by atoms with E-state index in [1.165, 1.54) is 0 Å². The summed E-state index contributed by atoms with van der Waals surface area (Å²) in [6.45, 7) is 1.27. The maximum atomic E-state index is 9.66. The Morgan fingerprint density at radius 1 is 1.33 bits per heavy atom. The minimum absolute atomic E-state index is 0.179. The standard InChI is InChI=1S/C10H12BrNO3/c11-7-4-10-9(14-1-2-15-10)3-6(7)8(13)5-12/h3-4,8,13H,1-2,5,12H2. The Labute approximate surface area is 96.1 Å². The van der Waals surface area contributed by atoms with Crippen LogP contribution in [0.25, 0.3) is 0 Å². The zero-order chi connectivity index (χ0) is 10.8. The predicted octanol–water partition coefficient (Wildman–Crippen LogP) is 1.21. The SMILES string of the molecule is NCC(O)c1cc2c(cc1Br)OCCO2. The Morgan fingerprint density at radius 2 is 1.93 bits per heavy atom. The molecule has 0 amide bonds. The maximum Gasteiger partial charge on any atom is 0.162 e. The number of benzene rings is 1. The summed E-state index contributed by atoms with van der Waals surface area (Å²) in [6, 6.07) is 3.55. The van der Waals surface area contributed by atoms with Crippen molar-refractivity contribution in [3.63, 3.8) is 0 Å². The Kier molecular flexibility index (Phi) is 3.14. The van der Waals surface area contributed by atoms with Crippen LogP contribution in [0.15, 0.2) is 16.6 Å². The third kappa shape index (κ3) is 2.09. The largest absolute Gasteiger partial charge is 0.486 e. The highest BCUT2D eigenvalue weighted by Gasteiger charge is 2.17. The van der Waals surface area contributed by atoms with Gasteiger partial charge in [0.2, 0.25) is 0 Å². The number of aliphatic hydroxyl groups is 1. The molecule has 1 atom stereocenters. The van der Waals surface area contributed by atoms with Crippen molar-refractivity contribution in [3.05, 3.63) is 22.2 Å². The number of hydrogen-bond donors (Lipinski definition) is 2. The summed E-state index contributed by atoms with van der Waals surface area (Å²) in [4.78, 5) is 0. The lowest BCUT2D eigenvalue weighted by atomic mass is 10.1. The molecule has 1 aromatic carbocycles. The Bertz CT molecular complexity index is 370. The third-order valence-corrected chi connectivity index (χ3v) is 2.93. The number of nitrogens with two attached hydrogens (primary N) is 1. The van der Waals surface area contributed by atoms with Crippen molar-refractivity contribution < 1.29 is 14.6 Å². The van der Waals surface area contributed by atoms with Crippen molar-refractivity contribution in [2.45, 2.75) is 6.10 Å². The van der Waals surface area contributed by atoms with Crippen LogP contribution < -0.4 is 15.2 Å². The molecule has 1 aliphatic heterocycles. The van der Waals surface area contributed by atoms with E-state index < -0.39 is 6.10 Å². The number of ether oxygens (including phenoxy) is 2. The Morgan fingerprint density at radius 3 is 2.53 bits per heavy atom. The number of fused-ring (bicyclic) bond motifs is 1. The number of hydrogen-bond acceptors (Lipinski definition) is 4. The second-order valence-electron chi connectivity index (χ2n) is 3.27. The molecule has 0 aliphatic carbocycles. The molecule has 82 valence electrons. The maximum absolute atomic E-state index is 9.66. The Balaban J connectivity index is 2.40. The van der Waals surface area contributed by atoms with Gasteiger partial charge < -0.3 is 20.3 Å². The van der Waals surface area contributed by atoms with E-state index in [9.17, 15) is 5.11 Å². The molecule has 3 N–H and O–H groups in total. The molecule has 0 aromatic heterocycles. The van der Waals surface area contributed by atoms with E-state index in [1.54, 1.807) is 12.1 Å². The van der Waals surface area contributed by atoms with Crippen LogP contribution in [0.3, 0.4) is 0 Å². The molecule has 1 heterocycles. The highest BCUT2D eigenvalue weighted by molar-refractivity contribution is 9.10. The fraction of sp³-hybridized carbons (Fsp3) is 0.400. The first kappa shape index (κ1) is 10.7. The van der Waals surface area contributed by atoms with Crippen LogP contribution in [-0.2, 0) is 0 Å². The van der Waals surface area contributed by atoms with Crippen LogP contribution in [0.1, 0.15) is 11.7 Å². The van der Waals surface area contributed by atoms with Gasteiger partial charge in [-0.3, -0.25) is 0 Å². The predicted molar refractivity (Wildman–Crippen MR) is 59.1 cm³/mol. The van der Waals surface area contributed by atoms with Crippen molar-refractivity contribution in [1.29, 1.82) is 0 Å². The molecule has 2 rings (SSSR count). The lowest BCUT2D eigenvalue weighted by molar-refractivity contribution is 0.166. The van der Waals surface area contributed by atoms with Crippen molar-refractivity contribution >= 4 is 15.9 Å². The first-order valence-corrected chi connectivity index (χ1v) is 5.49. The van der Waals surface area contributed by atoms with Crippen LogP contribution in [0.5, 0.6) is 11.5 Å². The molecule has 0 spiro atoms. The van der Waals surface area contributed by atoms with Crippen LogP contribution >= 0.6 is 15.9 Å². The molecule has 5 heteroatoms. The highest BCUT2D eigenvalue weighted by atomic mass is 79.9. The Hall–Kier alpha value is -0.780. The monoisotopic (exact) mass is 273 g/mol. The quantitative estimate of drug-likeness (QED) is 0.850. The first-order valence-electron chi connectivity index (χ1n) is 4.69. The van der Waals surface area contributed by atoms with Crippen LogP contribution in [0.2, 0.25) is 0 Å². The normalized spacial score (nSPS) is 16.2. The number of aliphatic hydroxyl groups excluding tert-OH is 1. The van der Waals surface area contributed by atoms with E-state index in [-0.39, 0.29) is 6.54 Å². The summed E-state index contributed by atoms with van der Waals surface area (Å²) < 4.78 is 11.6. The van der Waals surface area contributed by atoms with Gasteiger partial charge in [-0.15, -0.1) is 0 Å². The zero-order valence-electron chi connectivity index (χ0n) is 8.07. The van der Waals surface area contributed by atoms with E-state index in [2.05, 4.69) is 15.9 Å². The van der Waals surface area contributed by atoms with Gasteiger partial charge in [0.25, 0.3) is 0 Å². The summed E-state index contributed by atoms with van der Waals surface area (Å²) in [5.74, 6) is 1.35. The molecule has 0 fully saturated rings. The van der Waals surface area contributed by atoms with E-state index in [0.29, 0.717) is 24.7 Å². The van der Waals surface area contributed by atoms with Crippen molar-refractivity contribution in [2.24, 2.45) is 5.73 Å². The van der Waals surface area contributed by atoms with E-state index in [0.717, 1.165) is 10.0 Å². The first-order chi connectivity index (χ1) is 7.22. The fourth-order valence-electron chi connectivity index (χ4n) is 1.46. The summed E-state index contributed by atoms with van der Waals surface area (Å²) in [7, 11) is 0. The van der Waals surface area contributed by atoms with Gasteiger partial charge in [0.15, 0.2) is 11.5 Å². The molecule has 15 heavy (non-hydrogen) atoms. The summed E-state index contributed by atoms with van der Waals surface area (Å²) in [5.41, 5.74) is 6.13. The highest BCUT2D eigenvalue weighted by Crippen LogP contribution is 2.37. The molecule has 0 bridgehead atoms. The smallest absolute Gasteiger partial charge is 0.162 e. The third-order valence-electron chi connectivity index (χ3n) is 2.24. The molecule has 0 saturated carbocycles. The minimum atomic E-state index is -0.685. The molecular formula is C10H12BrNO3. The van der Waals surface area contributed by atoms with Crippen molar-refractivity contribution in [3.8, 4) is 11.5 Å². The topological polar surface area (TPSA) is 64.7 Å². The van der Waals surface area contributed by atoms with E-state index in [1.807, 2.05) is 0 Å². The van der Waals surface area contributed by atoms with Crippen molar-refractivity contribution in [2.75, 3.05) is 19.8 Å². The number of halogens is 1. The molecule has 1 aromatic rings. The molecule has 1 aliphatic rings. The molecule has 0 radical (unpaired) electrons. The molecule has 1 unspecified atom stereocenters. The molecule has 0 saturated heterocycles. The van der Waals surface area contributed by atoms with Crippen LogP contribution in [-0.4, -0.2) is 24.9 Å². The summed E-state index contributed by atoms with van der Waals surface area (Å²) in [5, 5.41) is 9.66. The van der Waals surface area contributed by atoms with Gasteiger partial charge >= 0.3 is 0 Å². The van der Waals surface area contributed by atoms with Gasteiger partial charge in [0.05, 0.1) is 6.10 Å². The second-order valence-corrected chi connectivity index (χ2v) is 4.12. The number of rotatable bonds is 2. The van der Waals surface area contributed by atoms with Gasteiger partial charge in [0.1, 0.15) is 13.2 Å². The van der Waals surface area contributed by atoms with Gasteiger partial charge in [-0.05, 0) is 17.7 Å². The van der Waals surface area contributed by atoms with Gasteiger partial charge in [-0.2, -0.15) is 0 Å². The average Bonchev–Trinajstić information content (AvgIpc) is 2.27. The second kappa shape index (κ2) is 4.38. The lowest BCUT2D eigenvalue weighted by Gasteiger charge is -2.21. The molecule has 4 nitrogen and oxygen atoms in total. The van der Waals surface area contributed by atoms with E-state index >= 15 is 0 Å². The van der Waals surface area contributed by atoms with Crippen LogP contribution in [0.4, 0.5) is 0 Å². The average molecular weight is 274 g/mol. The zero-order valence-corrected chi connectivity index (χ0v) is 9.66. The van der Waals surface area contributed by atoms with Gasteiger partial charge in [-0.1, -0.05) is 15.9 Å². The van der Waals surface area contributed by atoms with E-state index in [4.69, 9.17) is 15.2 Å².